The minimum Gasteiger partial charge on any atom is -0.139 e. The maximum atomic E-state index is 7.65. The molecule has 0 atom stereocenters. The molecular weight excluding hydrogens is 1020 g/mol. The van der Waals surface area contributed by atoms with E-state index in [0.29, 0.717) is 0 Å². The number of rotatable bonds is 8. The number of benzene rings is 7. The molecule has 7 aromatic rings. The normalized spacial score (nSPS) is 13.7. The van der Waals surface area contributed by atoms with Gasteiger partial charge in [-0.05, 0) is 208 Å². The summed E-state index contributed by atoms with van der Waals surface area (Å²) in [5.41, 5.74) is 29.2. The fourth-order valence-corrected chi connectivity index (χ4v) is 13.7. The van der Waals surface area contributed by atoms with Crippen molar-refractivity contribution in [1.82, 2.24) is 0 Å². The molecule has 82 heavy (non-hydrogen) atoms. The van der Waals surface area contributed by atoms with Crippen LogP contribution in [0.4, 0.5) is 0 Å². The summed E-state index contributed by atoms with van der Waals surface area (Å²) in [5.74, 6) is 0. The summed E-state index contributed by atoms with van der Waals surface area (Å²) in [6.45, 7) is 64.0. The van der Waals surface area contributed by atoms with Crippen LogP contribution in [0.1, 0.15) is 237 Å². The lowest BCUT2D eigenvalue weighted by atomic mass is 9.72. The number of hydrogen-bond acceptors (Lipinski definition) is 0. The fraction of sp³-hybridized carbons (Fsp3) is 0.463. The lowest BCUT2D eigenvalue weighted by molar-refractivity contribution is 0.571. The van der Waals surface area contributed by atoms with Gasteiger partial charge in [0, 0.05) is 0 Å². The zero-order valence-electron chi connectivity index (χ0n) is 56.3. The molecule has 2 heteroatoms. The number of halogens is 1. The highest BCUT2D eigenvalue weighted by Crippen LogP contribution is 2.50. The van der Waals surface area contributed by atoms with E-state index in [-0.39, 0.29) is 48.4 Å². The molecule has 0 nitrogen and oxygen atoms in total. The molecule has 7 aromatic carbocycles. The Bertz CT molecular complexity index is 2990. The maximum absolute atomic E-state index is 7.65. The Morgan fingerprint density at radius 2 is 0.463 bits per heavy atom. The summed E-state index contributed by atoms with van der Waals surface area (Å²) < 4.78 is 0. The maximum Gasteiger partial charge on any atom is 0.126 e. The van der Waals surface area contributed by atoms with Crippen molar-refractivity contribution in [2.45, 2.75) is 242 Å². The molecule has 0 aliphatic carbocycles. The molecule has 0 aliphatic heterocycles. The third-order valence-electron chi connectivity index (χ3n) is 16.7. The molecule has 0 spiro atoms. The molecule has 0 saturated carbocycles. The Balaban J connectivity index is 1.76. The van der Waals surface area contributed by atoms with E-state index < -0.39 is 7.72 Å². The smallest absolute Gasteiger partial charge is 0.126 e. The van der Waals surface area contributed by atoms with Crippen molar-refractivity contribution >= 4 is 24.5 Å². The Morgan fingerprint density at radius 1 is 0.280 bits per heavy atom. The second kappa shape index (κ2) is 22.4. The first-order valence-electron chi connectivity index (χ1n) is 30.7. The SMILES string of the molecule is CC(C)(C)c1cccc(C(C)(C)C)c1-c1cc(-c2cccc(-c3cc(-c4c(C(C)(C)C)cccc4C(C)(C)C)cc(-c4c(C(C)(C)C)cccc4C(C)(C)C)c3)c2C/C=[Si](/Cl)C(C)(C)C)cc(-c2c(C(C)(C)C)cccc2C(C)(C)C)c1. The van der Waals surface area contributed by atoms with E-state index >= 15 is 0 Å². The summed E-state index contributed by atoms with van der Waals surface area (Å²) in [6, 6.07) is 50.7. The molecular formula is C80H105ClSi. The van der Waals surface area contributed by atoms with Crippen LogP contribution in [0.2, 0.25) is 5.04 Å². The summed E-state index contributed by atoms with van der Waals surface area (Å²) >= 11 is 7.65. The molecule has 0 fully saturated rings. The number of hydrogen-bond donors (Lipinski definition) is 0. The van der Waals surface area contributed by atoms with Crippen molar-refractivity contribution in [3.05, 3.63) is 177 Å². The molecule has 0 heterocycles. The van der Waals surface area contributed by atoms with E-state index in [9.17, 15) is 0 Å². The standard InChI is InChI=1S/C80H105ClSi/c1-72(2,3)60-35-29-36-61(73(4,5)6)68(60)53-45-51(46-54(49-53)69-62(74(7,8)9)37-30-38-63(69)75(10,11)12)57-33-28-34-58(59(57)43-44-82(81)80(25,26)27)52-47-55(70-64(76(13,14)15)39-31-40-65(70)77(16,17)18)50-56(48-52)71-66(78(19,20)21)41-32-42-67(71)79(22,23)24/h28-42,44-50H,43H2,1-27H3/b82-44+. The fourth-order valence-electron chi connectivity index (χ4n) is 12.4. The van der Waals surface area contributed by atoms with Gasteiger partial charge in [0.1, 0.15) is 7.72 Å². The zero-order valence-corrected chi connectivity index (χ0v) is 58.0. The molecule has 7 rings (SSSR count). The van der Waals surface area contributed by atoms with Gasteiger partial charge in [0.2, 0.25) is 0 Å². The molecule has 0 amide bonds. The van der Waals surface area contributed by atoms with E-state index in [1.165, 1.54) is 117 Å². The van der Waals surface area contributed by atoms with Crippen LogP contribution in [0.5, 0.6) is 0 Å². The molecule has 0 aromatic heterocycles. The van der Waals surface area contributed by atoms with Crippen molar-refractivity contribution in [1.29, 1.82) is 0 Å². The van der Waals surface area contributed by atoms with Gasteiger partial charge in [0.05, 0.1) is 0 Å². The topological polar surface area (TPSA) is 0 Å². The second-order valence-electron chi connectivity index (χ2n) is 33.3. The van der Waals surface area contributed by atoms with Crippen molar-refractivity contribution < 1.29 is 0 Å². The average molecular weight is 1130 g/mol. The van der Waals surface area contributed by atoms with Crippen LogP contribution < -0.4 is 0 Å². The summed E-state index contributed by atoms with van der Waals surface area (Å²) in [6.07, 6.45) is 0.731. The van der Waals surface area contributed by atoms with Gasteiger partial charge in [0.15, 0.2) is 0 Å². The second-order valence-corrected chi connectivity index (χ2v) is 37.2. The first-order chi connectivity index (χ1) is 37.3. The summed E-state index contributed by atoms with van der Waals surface area (Å²) in [7, 11) is -1.43. The zero-order chi connectivity index (χ0) is 61.5. The van der Waals surface area contributed by atoms with Crippen LogP contribution in [-0.4, -0.2) is 13.4 Å². The summed E-state index contributed by atoms with van der Waals surface area (Å²) in [5, 5.41) is -0.0401. The van der Waals surface area contributed by atoms with Gasteiger partial charge in [-0.25, -0.2) is 0 Å². The van der Waals surface area contributed by atoms with E-state index in [0.717, 1.165) is 6.42 Å². The third-order valence-corrected chi connectivity index (χ3v) is 20.9. The Kier molecular flexibility index (Phi) is 17.6. The highest BCUT2D eigenvalue weighted by atomic mass is 35.6. The quantitative estimate of drug-likeness (QED) is 0.105. The molecule has 0 saturated heterocycles. The average Bonchev–Trinajstić information content (AvgIpc) is 3.52. The van der Waals surface area contributed by atoms with E-state index in [1.54, 1.807) is 0 Å². The van der Waals surface area contributed by atoms with E-state index in [4.69, 9.17) is 11.1 Å². The van der Waals surface area contributed by atoms with Crippen LogP contribution in [-0.2, 0) is 49.7 Å². The summed E-state index contributed by atoms with van der Waals surface area (Å²) in [4.78, 5) is 0. The van der Waals surface area contributed by atoms with Crippen molar-refractivity contribution in [3.63, 3.8) is 0 Å². The van der Waals surface area contributed by atoms with E-state index in [2.05, 4.69) is 320 Å². The molecule has 0 N–H and O–H groups in total. The minimum atomic E-state index is -1.43. The predicted octanol–water partition coefficient (Wildman–Crippen LogP) is 24.0. The molecule has 0 radical (unpaired) electrons. The molecule has 436 valence electrons. The van der Waals surface area contributed by atoms with Gasteiger partial charge >= 0.3 is 0 Å². The Hall–Kier alpha value is -5.08. The van der Waals surface area contributed by atoms with Crippen LogP contribution in [0, 0.1) is 0 Å². The predicted molar refractivity (Wildman–Crippen MR) is 370 cm³/mol. The van der Waals surface area contributed by atoms with Crippen molar-refractivity contribution in [2.75, 3.05) is 0 Å². The minimum absolute atomic E-state index is 0.0401. The van der Waals surface area contributed by atoms with Crippen LogP contribution in [0.25, 0.3) is 66.8 Å². The highest BCUT2D eigenvalue weighted by molar-refractivity contribution is 7.10. The van der Waals surface area contributed by atoms with Crippen molar-refractivity contribution in [2.24, 2.45) is 0 Å². The lowest BCUT2D eigenvalue weighted by Crippen LogP contribution is -2.20. The first kappa shape index (κ1) is 64.5. The van der Waals surface area contributed by atoms with Crippen LogP contribution >= 0.6 is 11.1 Å². The first-order valence-corrected chi connectivity index (χ1v) is 33.3. The monoisotopic (exact) mass is 1130 g/mol. The van der Waals surface area contributed by atoms with Gasteiger partial charge in [0.25, 0.3) is 0 Å². The van der Waals surface area contributed by atoms with E-state index in [1.807, 2.05) is 0 Å². The molecule has 0 unspecified atom stereocenters. The highest BCUT2D eigenvalue weighted by Gasteiger charge is 2.33. The van der Waals surface area contributed by atoms with Gasteiger partial charge in [-0.3, -0.25) is 0 Å². The Labute approximate surface area is 507 Å². The lowest BCUT2D eigenvalue weighted by Gasteiger charge is -2.32. The largest absolute Gasteiger partial charge is 0.139 e. The van der Waals surface area contributed by atoms with Gasteiger partial charge in [-0.15, -0.1) is 11.1 Å². The van der Waals surface area contributed by atoms with Gasteiger partial charge in [-0.1, -0.05) is 284 Å². The van der Waals surface area contributed by atoms with Crippen molar-refractivity contribution in [3.8, 4) is 66.8 Å². The Morgan fingerprint density at radius 3 is 0.646 bits per heavy atom. The van der Waals surface area contributed by atoms with Crippen LogP contribution in [0.15, 0.2) is 127 Å². The third kappa shape index (κ3) is 13.8. The van der Waals surface area contributed by atoms with Gasteiger partial charge in [-0.2, -0.15) is 0 Å². The molecule has 0 aliphatic rings. The van der Waals surface area contributed by atoms with Gasteiger partial charge < -0.3 is 0 Å². The molecule has 0 bridgehead atoms. The van der Waals surface area contributed by atoms with Crippen LogP contribution in [0.3, 0.4) is 0 Å².